The first-order valence-electron chi connectivity index (χ1n) is 10.7. The lowest BCUT2D eigenvalue weighted by molar-refractivity contribution is -0.120. The predicted molar refractivity (Wildman–Crippen MR) is 115 cm³/mol. The van der Waals surface area contributed by atoms with Crippen LogP contribution in [0.25, 0.3) is 0 Å². The van der Waals surface area contributed by atoms with Gasteiger partial charge in [-0.2, -0.15) is 0 Å². The van der Waals surface area contributed by atoms with Crippen LogP contribution in [0.1, 0.15) is 44.5 Å². The lowest BCUT2D eigenvalue weighted by atomic mass is 10.2. The van der Waals surface area contributed by atoms with Crippen LogP contribution in [-0.2, 0) is 9.53 Å². The van der Waals surface area contributed by atoms with Gasteiger partial charge in [0.15, 0.2) is 11.5 Å². The quantitative estimate of drug-likeness (QED) is 0.530. The Labute approximate surface area is 179 Å². The highest BCUT2D eigenvalue weighted by atomic mass is 16.5. The first-order chi connectivity index (χ1) is 14.4. The molecule has 2 atom stereocenters. The fourth-order valence-corrected chi connectivity index (χ4v) is 3.51. The number of ether oxygens (including phenoxy) is 3. The smallest absolute Gasteiger partial charge is 0.251 e. The molecule has 30 heavy (non-hydrogen) atoms. The SMILES string of the molecule is CCOc1ccc(C(=O)NCC(=O)NCCCN2CC(C)OC(C)C2)cc1OCC. The fraction of sp³-hybridized carbons (Fsp3) is 0.636. The molecule has 8 nitrogen and oxygen atoms in total. The number of carbonyl (C=O) groups is 2. The second-order valence-electron chi connectivity index (χ2n) is 7.43. The number of nitrogens with one attached hydrogen (secondary N) is 2. The molecular formula is C22H35N3O5. The molecule has 2 unspecified atom stereocenters. The van der Waals surface area contributed by atoms with Gasteiger partial charge in [-0.15, -0.1) is 0 Å². The average molecular weight is 422 g/mol. The van der Waals surface area contributed by atoms with Crippen LogP contribution >= 0.6 is 0 Å². The number of benzene rings is 1. The van der Waals surface area contributed by atoms with Crippen molar-refractivity contribution in [1.29, 1.82) is 0 Å². The largest absolute Gasteiger partial charge is 0.490 e. The summed E-state index contributed by atoms with van der Waals surface area (Å²) in [5.74, 6) is 0.578. The van der Waals surface area contributed by atoms with E-state index >= 15 is 0 Å². The topological polar surface area (TPSA) is 89.1 Å². The van der Waals surface area contributed by atoms with Crippen molar-refractivity contribution in [1.82, 2.24) is 15.5 Å². The molecule has 0 bridgehead atoms. The zero-order valence-electron chi connectivity index (χ0n) is 18.5. The van der Waals surface area contributed by atoms with Gasteiger partial charge in [-0.3, -0.25) is 14.5 Å². The monoisotopic (exact) mass is 421 g/mol. The van der Waals surface area contributed by atoms with Gasteiger partial charge in [0.05, 0.1) is 32.0 Å². The molecule has 2 N–H and O–H groups in total. The van der Waals surface area contributed by atoms with Gasteiger partial charge in [0.25, 0.3) is 5.91 Å². The zero-order valence-corrected chi connectivity index (χ0v) is 18.5. The Morgan fingerprint density at radius 1 is 1.07 bits per heavy atom. The summed E-state index contributed by atoms with van der Waals surface area (Å²) in [5, 5.41) is 5.50. The van der Waals surface area contributed by atoms with E-state index in [1.807, 2.05) is 13.8 Å². The van der Waals surface area contributed by atoms with E-state index in [-0.39, 0.29) is 30.6 Å². The molecule has 0 aromatic heterocycles. The summed E-state index contributed by atoms with van der Waals surface area (Å²) in [4.78, 5) is 26.8. The first kappa shape index (κ1) is 24.0. The summed E-state index contributed by atoms with van der Waals surface area (Å²) in [6.07, 6.45) is 1.34. The Bertz CT molecular complexity index is 687. The van der Waals surface area contributed by atoms with Crippen molar-refractivity contribution >= 4 is 11.8 Å². The van der Waals surface area contributed by atoms with Gasteiger partial charge in [0.2, 0.25) is 5.91 Å². The summed E-state index contributed by atoms with van der Waals surface area (Å²) in [6, 6.07) is 4.99. The van der Waals surface area contributed by atoms with E-state index in [4.69, 9.17) is 14.2 Å². The van der Waals surface area contributed by atoms with E-state index in [1.165, 1.54) is 0 Å². The minimum absolute atomic E-state index is 0.0678. The second-order valence-corrected chi connectivity index (χ2v) is 7.43. The van der Waals surface area contributed by atoms with Crippen molar-refractivity contribution in [3.8, 4) is 11.5 Å². The van der Waals surface area contributed by atoms with E-state index in [0.29, 0.717) is 36.8 Å². The molecule has 1 heterocycles. The van der Waals surface area contributed by atoms with Crippen molar-refractivity contribution in [2.24, 2.45) is 0 Å². The summed E-state index contributed by atoms with van der Waals surface area (Å²) in [7, 11) is 0. The normalized spacial score (nSPS) is 19.2. The predicted octanol–water partition coefficient (Wildman–Crippen LogP) is 1.83. The van der Waals surface area contributed by atoms with Crippen molar-refractivity contribution in [2.75, 3.05) is 45.9 Å². The first-order valence-corrected chi connectivity index (χ1v) is 10.7. The Morgan fingerprint density at radius 2 is 1.73 bits per heavy atom. The highest BCUT2D eigenvalue weighted by molar-refractivity contribution is 5.97. The van der Waals surface area contributed by atoms with Gasteiger partial charge in [0, 0.05) is 31.7 Å². The number of hydrogen-bond acceptors (Lipinski definition) is 6. The van der Waals surface area contributed by atoms with Gasteiger partial charge in [-0.1, -0.05) is 0 Å². The van der Waals surface area contributed by atoms with Crippen molar-refractivity contribution in [2.45, 2.75) is 46.3 Å². The second kappa shape index (κ2) is 12.4. The third kappa shape index (κ3) is 7.84. The summed E-state index contributed by atoms with van der Waals surface area (Å²) >= 11 is 0. The van der Waals surface area contributed by atoms with Gasteiger partial charge in [-0.05, 0) is 52.3 Å². The highest BCUT2D eigenvalue weighted by Crippen LogP contribution is 2.28. The Balaban J connectivity index is 1.71. The molecule has 1 aromatic carbocycles. The molecular weight excluding hydrogens is 386 g/mol. The lowest BCUT2D eigenvalue weighted by Gasteiger charge is -2.35. The number of morpholine rings is 1. The molecule has 1 saturated heterocycles. The molecule has 2 rings (SSSR count). The standard InChI is InChI=1S/C22H35N3O5/c1-5-28-19-9-8-18(12-20(19)29-6-2)22(27)24-13-21(26)23-10-7-11-25-14-16(3)30-17(4)15-25/h8-9,12,16-17H,5-7,10-11,13-15H2,1-4H3,(H,23,26)(H,24,27). The average Bonchev–Trinajstić information content (AvgIpc) is 2.70. The zero-order chi connectivity index (χ0) is 21.9. The van der Waals surface area contributed by atoms with Crippen LogP contribution in [-0.4, -0.2) is 74.9 Å². The lowest BCUT2D eigenvalue weighted by Crippen LogP contribution is -2.46. The highest BCUT2D eigenvalue weighted by Gasteiger charge is 2.21. The number of hydrogen-bond donors (Lipinski definition) is 2. The van der Waals surface area contributed by atoms with E-state index in [9.17, 15) is 9.59 Å². The molecule has 1 aromatic rings. The molecule has 0 radical (unpaired) electrons. The summed E-state index contributed by atoms with van der Waals surface area (Å²) in [6.45, 7) is 12.1. The molecule has 0 aliphatic carbocycles. The molecule has 0 saturated carbocycles. The maximum atomic E-state index is 12.4. The van der Waals surface area contributed by atoms with Crippen LogP contribution in [0.3, 0.4) is 0 Å². The van der Waals surface area contributed by atoms with Gasteiger partial charge >= 0.3 is 0 Å². The third-order valence-corrected chi connectivity index (χ3v) is 4.68. The maximum absolute atomic E-state index is 12.4. The van der Waals surface area contributed by atoms with Crippen molar-refractivity contribution in [3.63, 3.8) is 0 Å². The number of amides is 2. The van der Waals surface area contributed by atoms with Crippen LogP contribution in [0, 0.1) is 0 Å². The Morgan fingerprint density at radius 3 is 2.40 bits per heavy atom. The number of carbonyl (C=O) groups excluding carboxylic acids is 2. The van der Waals surface area contributed by atoms with E-state index < -0.39 is 0 Å². The van der Waals surface area contributed by atoms with E-state index in [2.05, 4.69) is 29.4 Å². The van der Waals surface area contributed by atoms with E-state index in [1.54, 1.807) is 18.2 Å². The van der Waals surface area contributed by atoms with Crippen LogP contribution < -0.4 is 20.1 Å². The third-order valence-electron chi connectivity index (χ3n) is 4.68. The molecule has 0 spiro atoms. The molecule has 1 aliphatic rings. The van der Waals surface area contributed by atoms with Crippen LogP contribution in [0.5, 0.6) is 11.5 Å². The van der Waals surface area contributed by atoms with Crippen LogP contribution in [0.15, 0.2) is 18.2 Å². The molecule has 2 amide bonds. The van der Waals surface area contributed by atoms with Gasteiger partial charge in [0.1, 0.15) is 0 Å². The fourth-order valence-electron chi connectivity index (χ4n) is 3.51. The molecule has 1 aliphatic heterocycles. The Hall–Kier alpha value is -2.32. The molecule has 168 valence electrons. The van der Waals surface area contributed by atoms with Crippen molar-refractivity contribution in [3.05, 3.63) is 23.8 Å². The van der Waals surface area contributed by atoms with E-state index in [0.717, 1.165) is 26.1 Å². The van der Waals surface area contributed by atoms with Crippen molar-refractivity contribution < 1.29 is 23.8 Å². The summed E-state index contributed by atoms with van der Waals surface area (Å²) < 4.78 is 16.8. The number of rotatable bonds is 11. The number of nitrogens with zero attached hydrogens (tertiary/aromatic N) is 1. The minimum atomic E-state index is -0.328. The molecule has 8 heteroatoms. The maximum Gasteiger partial charge on any atom is 0.251 e. The molecule has 1 fully saturated rings. The van der Waals surface area contributed by atoms with Gasteiger partial charge < -0.3 is 24.8 Å². The van der Waals surface area contributed by atoms with Gasteiger partial charge in [-0.25, -0.2) is 0 Å². The van der Waals surface area contributed by atoms with Crippen LogP contribution in [0.2, 0.25) is 0 Å². The minimum Gasteiger partial charge on any atom is -0.490 e. The Kier molecular flexibility index (Phi) is 9.89. The summed E-state index contributed by atoms with van der Waals surface area (Å²) in [5.41, 5.74) is 0.422. The van der Waals surface area contributed by atoms with Crippen LogP contribution in [0.4, 0.5) is 0 Å².